The van der Waals surface area contributed by atoms with Crippen molar-refractivity contribution in [3.63, 3.8) is 0 Å². The molecule has 0 saturated carbocycles. The van der Waals surface area contributed by atoms with Crippen LogP contribution in [0.25, 0.3) is 0 Å². The van der Waals surface area contributed by atoms with E-state index < -0.39 is 6.10 Å². The molecule has 1 rings (SSSR count). The van der Waals surface area contributed by atoms with Gasteiger partial charge in [-0.3, -0.25) is 0 Å². The molecule has 3 heteroatoms. The fourth-order valence-corrected chi connectivity index (χ4v) is 1.32. The van der Waals surface area contributed by atoms with Crippen LogP contribution in [0.2, 0.25) is 0 Å². The Labute approximate surface area is 84.5 Å². The first kappa shape index (κ1) is 11.0. The third kappa shape index (κ3) is 2.25. The monoisotopic (exact) mass is 195 g/mol. The average Bonchev–Trinajstić information content (AvgIpc) is 2.17. The number of ether oxygens (including phenoxy) is 1. The van der Waals surface area contributed by atoms with Gasteiger partial charge in [0.25, 0.3) is 0 Å². The van der Waals surface area contributed by atoms with Gasteiger partial charge in [0.2, 0.25) is 0 Å². The van der Waals surface area contributed by atoms with Gasteiger partial charge in [0.05, 0.1) is 19.3 Å². The Hall–Kier alpha value is -1.06. The molecule has 0 aromatic heterocycles. The second-order valence-electron chi connectivity index (χ2n) is 3.50. The highest BCUT2D eigenvalue weighted by atomic mass is 16.5. The summed E-state index contributed by atoms with van der Waals surface area (Å²) in [6.45, 7) is 3.65. The van der Waals surface area contributed by atoms with Crippen molar-refractivity contribution < 1.29 is 9.84 Å². The zero-order valence-corrected chi connectivity index (χ0v) is 8.82. The van der Waals surface area contributed by atoms with E-state index in [9.17, 15) is 5.11 Å². The zero-order valence-electron chi connectivity index (χ0n) is 8.82. The van der Waals surface area contributed by atoms with Crippen molar-refractivity contribution in [3.05, 3.63) is 29.3 Å². The summed E-state index contributed by atoms with van der Waals surface area (Å²) in [6, 6.07) is 5.36. The van der Waals surface area contributed by atoms with Gasteiger partial charge in [-0.2, -0.15) is 0 Å². The summed E-state index contributed by atoms with van der Waals surface area (Å²) in [5.74, 6) is 0.804. The van der Waals surface area contributed by atoms with E-state index in [0.717, 1.165) is 16.9 Å². The lowest BCUT2D eigenvalue weighted by Crippen LogP contribution is -2.23. The average molecular weight is 195 g/mol. The van der Waals surface area contributed by atoms with Crippen molar-refractivity contribution >= 4 is 0 Å². The summed E-state index contributed by atoms with van der Waals surface area (Å²) in [4.78, 5) is 0. The molecule has 0 aliphatic carbocycles. The van der Waals surface area contributed by atoms with E-state index in [2.05, 4.69) is 0 Å². The number of aryl methyl sites for hydroxylation is 1. The SMILES string of the molecule is COc1cc([C@H](N)[C@H](C)O)ccc1C. The molecule has 78 valence electrons. The predicted molar refractivity (Wildman–Crippen MR) is 56.3 cm³/mol. The van der Waals surface area contributed by atoms with Crippen molar-refractivity contribution in [2.75, 3.05) is 7.11 Å². The molecular formula is C11H17NO2. The van der Waals surface area contributed by atoms with Crippen LogP contribution in [0.3, 0.4) is 0 Å². The van der Waals surface area contributed by atoms with Crippen LogP contribution < -0.4 is 10.5 Å². The topological polar surface area (TPSA) is 55.5 Å². The van der Waals surface area contributed by atoms with Gasteiger partial charge < -0.3 is 15.6 Å². The Morgan fingerprint density at radius 1 is 1.43 bits per heavy atom. The third-order valence-electron chi connectivity index (χ3n) is 2.34. The van der Waals surface area contributed by atoms with Crippen molar-refractivity contribution in [2.24, 2.45) is 5.73 Å². The van der Waals surface area contributed by atoms with Gasteiger partial charge in [-0.15, -0.1) is 0 Å². The number of hydrogen-bond acceptors (Lipinski definition) is 3. The lowest BCUT2D eigenvalue weighted by Gasteiger charge is -2.16. The number of aliphatic hydroxyl groups is 1. The Kier molecular flexibility index (Phi) is 3.49. The van der Waals surface area contributed by atoms with Crippen molar-refractivity contribution in [1.29, 1.82) is 0 Å². The summed E-state index contributed by atoms with van der Waals surface area (Å²) >= 11 is 0. The largest absolute Gasteiger partial charge is 0.496 e. The smallest absolute Gasteiger partial charge is 0.122 e. The van der Waals surface area contributed by atoms with Crippen LogP contribution in [0.15, 0.2) is 18.2 Å². The molecule has 0 unspecified atom stereocenters. The minimum absolute atomic E-state index is 0.357. The first-order chi connectivity index (χ1) is 6.56. The molecule has 0 bridgehead atoms. The molecule has 0 aliphatic heterocycles. The van der Waals surface area contributed by atoms with E-state index in [0.29, 0.717) is 0 Å². The molecule has 0 saturated heterocycles. The van der Waals surface area contributed by atoms with Crippen LogP contribution in [0.1, 0.15) is 24.1 Å². The van der Waals surface area contributed by atoms with Gasteiger partial charge in [-0.25, -0.2) is 0 Å². The minimum Gasteiger partial charge on any atom is -0.496 e. The van der Waals surface area contributed by atoms with Crippen LogP contribution in [-0.4, -0.2) is 18.3 Å². The van der Waals surface area contributed by atoms with Gasteiger partial charge >= 0.3 is 0 Å². The number of aliphatic hydroxyl groups excluding tert-OH is 1. The number of methoxy groups -OCH3 is 1. The normalized spacial score (nSPS) is 14.9. The first-order valence-corrected chi connectivity index (χ1v) is 4.64. The van der Waals surface area contributed by atoms with Crippen molar-refractivity contribution in [3.8, 4) is 5.75 Å². The third-order valence-corrected chi connectivity index (χ3v) is 2.34. The second-order valence-corrected chi connectivity index (χ2v) is 3.50. The summed E-state index contributed by atoms with van der Waals surface area (Å²) < 4.78 is 5.18. The van der Waals surface area contributed by atoms with Crippen molar-refractivity contribution in [1.82, 2.24) is 0 Å². The van der Waals surface area contributed by atoms with Gasteiger partial charge in [0.15, 0.2) is 0 Å². The lowest BCUT2D eigenvalue weighted by atomic mass is 10.0. The molecule has 0 fully saturated rings. The summed E-state index contributed by atoms with van der Waals surface area (Å²) in [7, 11) is 1.63. The molecular weight excluding hydrogens is 178 g/mol. The minimum atomic E-state index is -0.553. The standard InChI is InChI=1S/C11H17NO2/c1-7-4-5-9(6-10(7)14-3)11(12)8(2)13/h4-6,8,11,13H,12H2,1-3H3/t8-,11+/m0/s1. The van der Waals surface area contributed by atoms with Crippen LogP contribution >= 0.6 is 0 Å². The van der Waals surface area contributed by atoms with Crippen molar-refractivity contribution in [2.45, 2.75) is 26.0 Å². The maximum absolute atomic E-state index is 9.34. The highest BCUT2D eigenvalue weighted by Gasteiger charge is 2.13. The second kappa shape index (κ2) is 4.44. The maximum Gasteiger partial charge on any atom is 0.122 e. The van der Waals surface area contributed by atoms with E-state index in [1.54, 1.807) is 14.0 Å². The zero-order chi connectivity index (χ0) is 10.7. The van der Waals surface area contributed by atoms with Crippen LogP contribution in [0.5, 0.6) is 5.75 Å². The molecule has 1 aromatic carbocycles. The molecule has 1 aromatic rings. The molecule has 0 radical (unpaired) electrons. The molecule has 0 aliphatic rings. The Balaban J connectivity index is 3.00. The number of rotatable bonds is 3. The summed E-state index contributed by atoms with van der Waals surface area (Å²) in [5.41, 5.74) is 7.76. The van der Waals surface area contributed by atoms with E-state index in [1.807, 2.05) is 25.1 Å². The molecule has 14 heavy (non-hydrogen) atoms. The van der Waals surface area contributed by atoms with Crippen LogP contribution in [0.4, 0.5) is 0 Å². The predicted octanol–water partition coefficient (Wildman–Crippen LogP) is 1.38. The number of hydrogen-bond donors (Lipinski definition) is 2. The van der Waals surface area contributed by atoms with Gasteiger partial charge in [0, 0.05) is 0 Å². The van der Waals surface area contributed by atoms with Crippen LogP contribution in [-0.2, 0) is 0 Å². The van der Waals surface area contributed by atoms with Gasteiger partial charge in [-0.05, 0) is 31.0 Å². The van der Waals surface area contributed by atoms with E-state index >= 15 is 0 Å². The molecule has 0 amide bonds. The van der Waals surface area contributed by atoms with Gasteiger partial charge in [-0.1, -0.05) is 12.1 Å². The maximum atomic E-state index is 9.34. The first-order valence-electron chi connectivity index (χ1n) is 4.64. The Bertz CT molecular complexity index is 310. The highest BCUT2D eigenvalue weighted by molar-refractivity contribution is 5.37. The fourth-order valence-electron chi connectivity index (χ4n) is 1.32. The molecule has 2 atom stereocenters. The molecule has 3 N–H and O–H groups in total. The van der Waals surface area contributed by atoms with E-state index in [4.69, 9.17) is 10.5 Å². The van der Waals surface area contributed by atoms with E-state index in [1.165, 1.54) is 0 Å². The Morgan fingerprint density at radius 3 is 2.57 bits per heavy atom. The Morgan fingerprint density at radius 2 is 2.07 bits per heavy atom. The summed E-state index contributed by atoms with van der Waals surface area (Å²) in [6.07, 6.45) is -0.553. The number of benzene rings is 1. The quantitative estimate of drug-likeness (QED) is 0.766. The molecule has 0 spiro atoms. The van der Waals surface area contributed by atoms with Crippen LogP contribution in [0, 0.1) is 6.92 Å². The fraction of sp³-hybridized carbons (Fsp3) is 0.455. The summed E-state index contributed by atoms with van der Waals surface area (Å²) in [5, 5.41) is 9.34. The molecule has 3 nitrogen and oxygen atoms in total. The lowest BCUT2D eigenvalue weighted by molar-refractivity contribution is 0.164. The highest BCUT2D eigenvalue weighted by Crippen LogP contribution is 2.23. The van der Waals surface area contributed by atoms with Gasteiger partial charge in [0.1, 0.15) is 5.75 Å². The number of nitrogens with two attached hydrogens (primary N) is 1. The van der Waals surface area contributed by atoms with E-state index in [-0.39, 0.29) is 6.04 Å². The molecule has 0 heterocycles.